The van der Waals surface area contributed by atoms with Crippen molar-refractivity contribution >= 4 is 17.3 Å². The quantitative estimate of drug-likeness (QED) is 0.937. The van der Waals surface area contributed by atoms with Gasteiger partial charge in [0, 0.05) is 30.9 Å². The molecular formula is C17H19N3O3. The van der Waals surface area contributed by atoms with Crippen LogP contribution in [0, 0.1) is 0 Å². The Bertz CT molecular complexity index is 684. The molecule has 0 spiro atoms. The van der Waals surface area contributed by atoms with E-state index in [1.807, 2.05) is 24.3 Å². The van der Waals surface area contributed by atoms with Crippen molar-refractivity contribution in [1.29, 1.82) is 0 Å². The van der Waals surface area contributed by atoms with Crippen LogP contribution in [-0.2, 0) is 4.74 Å². The Morgan fingerprint density at radius 2 is 2.04 bits per heavy atom. The zero-order valence-electron chi connectivity index (χ0n) is 13.0. The highest BCUT2D eigenvalue weighted by atomic mass is 16.5. The van der Waals surface area contributed by atoms with E-state index in [9.17, 15) is 4.79 Å². The van der Waals surface area contributed by atoms with Crippen LogP contribution in [-0.4, -0.2) is 44.3 Å². The van der Waals surface area contributed by atoms with E-state index >= 15 is 0 Å². The number of para-hydroxylation sites is 2. The van der Waals surface area contributed by atoms with Crippen LogP contribution >= 0.6 is 0 Å². The molecule has 23 heavy (non-hydrogen) atoms. The molecular weight excluding hydrogens is 294 g/mol. The third-order valence-corrected chi connectivity index (χ3v) is 3.71. The van der Waals surface area contributed by atoms with Gasteiger partial charge < -0.3 is 19.7 Å². The van der Waals surface area contributed by atoms with Crippen molar-refractivity contribution in [2.75, 3.05) is 43.6 Å². The fourth-order valence-corrected chi connectivity index (χ4v) is 2.52. The molecule has 0 saturated carbocycles. The van der Waals surface area contributed by atoms with Crippen LogP contribution in [0.5, 0.6) is 5.88 Å². The number of nitrogens with zero attached hydrogens (tertiary/aromatic N) is 2. The summed E-state index contributed by atoms with van der Waals surface area (Å²) in [5, 5.41) is 2.97. The smallest absolute Gasteiger partial charge is 0.255 e. The Hall–Kier alpha value is -2.60. The van der Waals surface area contributed by atoms with Gasteiger partial charge in [-0.2, -0.15) is 0 Å². The zero-order valence-corrected chi connectivity index (χ0v) is 13.0. The number of hydrogen-bond donors (Lipinski definition) is 1. The maximum Gasteiger partial charge on any atom is 0.255 e. The topological polar surface area (TPSA) is 63.7 Å². The van der Waals surface area contributed by atoms with E-state index in [4.69, 9.17) is 9.47 Å². The van der Waals surface area contributed by atoms with Gasteiger partial charge in [0.2, 0.25) is 5.88 Å². The van der Waals surface area contributed by atoms with Crippen LogP contribution in [0.3, 0.4) is 0 Å². The van der Waals surface area contributed by atoms with Gasteiger partial charge >= 0.3 is 0 Å². The summed E-state index contributed by atoms with van der Waals surface area (Å²) in [5.74, 6) is 0.227. The van der Waals surface area contributed by atoms with Gasteiger partial charge in [0.1, 0.15) is 0 Å². The zero-order chi connectivity index (χ0) is 16.1. The number of morpholine rings is 1. The molecule has 0 bridgehead atoms. The van der Waals surface area contributed by atoms with Crippen LogP contribution in [0.2, 0.25) is 0 Å². The van der Waals surface area contributed by atoms with Crippen molar-refractivity contribution < 1.29 is 14.3 Å². The van der Waals surface area contributed by atoms with Crippen molar-refractivity contribution in [2.24, 2.45) is 0 Å². The first-order valence-electron chi connectivity index (χ1n) is 7.51. The maximum atomic E-state index is 12.5. The highest BCUT2D eigenvalue weighted by molar-refractivity contribution is 6.06. The van der Waals surface area contributed by atoms with Crippen LogP contribution in [0.4, 0.5) is 11.4 Å². The van der Waals surface area contributed by atoms with E-state index in [1.165, 1.54) is 7.11 Å². The van der Waals surface area contributed by atoms with Gasteiger partial charge in [-0.25, -0.2) is 4.98 Å². The molecule has 1 aliphatic heterocycles. The molecule has 2 heterocycles. The summed E-state index contributed by atoms with van der Waals surface area (Å²) in [6, 6.07) is 11.1. The second-order valence-electron chi connectivity index (χ2n) is 5.16. The maximum absolute atomic E-state index is 12.5. The summed E-state index contributed by atoms with van der Waals surface area (Å²) < 4.78 is 10.4. The first kappa shape index (κ1) is 15.3. The van der Waals surface area contributed by atoms with Gasteiger partial charge in [-0.15, -0.1) is 0 Å². The lowest BCUT2D eigenvalue weighted by Crippen LogP contribution is -2.36. The fourth-order valence-electron chi connectivity index (χ4n) is 2.52. The van der Waals surface area contributed by atoms with E-state index in [-0.39, 0.29) is 5.91 Å². The molecule has 1 amide bonds. The number of rotatable bonds is 4. The second-order valence-corrected chi connectivity index (χ2v) is 5.16. The molecule has 0 atom stereocenters. The minimum Gasteiger partial charge on any atom is -0.481 e. The number of ether oxygens (including phenoxy) is 2. The van der Waals surface area contributed by atoms with Crippen molar-refractivity contribution in [2.45, 2.75) is 0 Å². The average molecular weight is 313 g/mol. The van der Waals surface area contributed by atoms with E-state index in [0.29, 0.717) is 24.7 Å². The summed E-state index contributed by atoms with van der Waals surface area (Å²) in [4.78, 5) is 18.7. The van der Waals surface area contributed by atoms with E-state index < -0.39 is 0 Å². The molecule has 1 N–H and O–H groups in total. The highest BCUT2D eigenvalue weighted by Crippen LogP contribution is 2.27. The van der Waals surface area contributed by atoms with Gasteiger partial charge in [-0.3, -0.25) is 4.79 Å². The number of methoxy groups -OCH3 is 1. The first-order valence-corrected chi connectivity index (χ1v) is 7.51. The third-order valence-electron chi connectivity index (χ3n) is 3.71. The summed E-state index contributed by atoms with van der Waals surface area (Å²) >= 11 is 0. The number of aromatic nitrogens is 1. The predicted octanol–water partition coefficient (Wildman–Crippen LogP) is 2.18. The minimum absolute atomic E-state index is 0.189. The van der Waals surface area contributed by atoms with Gasteiger partial charge in [0.25, 0.3) is 5.91 Å². The number of pyridine rings is 1. The minimum atomic E-state index is -0.189. The van der Waals surface area contributed by atoms with E-state index in [0.717, 1.165) is 24.5 Å². The molecule has 1 saturated heterocycles. The number of hydrogen-bond acceptors (Lipinski definition) is 5. The second kappa shape index (κ2) is 7.11. The molecule has 1 aliphatic rings. The van der Waals surface area contributed by atoms with Crippen LogP contribution < -0.4 is 15.0 Å². The van der Waals surface area contributed by atoms with Gasteiger partial charge in [-0.1, -0.05) is 12.1 Å². The van der Waals surface area contributed by atoms with Crippen molar-refractivity contribution in [1.82, 2.24) is 4.98 Å². The molecule has 6 nitrogen and oxygen atoms in total. The Morgan fingerprint density at radius 1 is 1.26 bits per heavy atom. The summed E-state index contributed by atoms with van der Waals surface area (Å²) in [6.45, 7) is 3.03. The number of anilines is 2. The molecule has 6 heteroatoms. The lowest BCUT2D eigenvalue weighted by Gasteiger charge is -2.30. The van der Waals surface area contributed by atoms with Crippen LogP contribution in [0.25, 0.3) is 0 Å². The number of benzene rings is 1. The molecule has 1 aromatic heterocycles. The van der Waals surface area contributed by atoms with Crippen LogP contribution in [0.15, 0.2) is 42.6 Å². The Balaban J connectivity index is 1.80. The van der Waals surface area contributed by atoms with E-state index in [1.54, 1.807) is 18.3 Å². The molecule has 3 rings (SSSR count). The molecule has 0 aliphatic carbocycles. The lowest BCUT2D eigenvalue weighted by molar-refractivity contribution is 0.102. The molecule has 0 radical (unpaired) electrons. The van der Waals surface area contributed by atoms with Crippen molar-refractivity contribution in [3.63, 3.8) is 0 Å². The monoisotopic (exact) mass is 313 g/mol. The van der Waals surface area contributed by atoms with Crippen molar-refractivity contribution in [3.05, 3.63) is 48.2 Å². The fraction of sp³-hybridized carbons (Fsp3) is 0.294. The molecule has 120 valence electrons. The summed E-state index contributed by atoms with van der Waals surface area (Å²) in [5.41, 5.74) is 2.30. The van der Waals surface area contributed by atoms with Crippen LogP contribution in [0.1, 0.15) is 10.4 Å². The van der Waals surface area contributed by atoms with Crippen molar-refractivity contribution in [3.8, 4) is 5.88 Å². The number of carbonyl (C=O) groups is 1. The number of carbonyl (C=O) groups excluding carboxylic acids is 1. The van der Waals surface area contributed by atoms with Gasteiger partial charge in [0.15, 0.2) is 0 Å². The number of nitrogens with one attached hydrogen (secondary N) is 1. The first-order chi connectivity index (χ1) is 11.3. The molecule has 1 fully saturated rings. The molecule has 2 aromatic rings. The predicted molar refractivity (Wildman–Crippen MR) is 88.2 cm³/mol. The standard InChI is InChI=1S/C17H19N3O3/c1-22-16-12-13(6-7-18-16)17(21)19-14-4-2-3-5-15(14)20-8-10-23-11-9-20/h2-7,12H,8-11H2,1H3,(H,19,21). The Kier molecular flexibility index (Phi) is 4.73. The van der Waals surface area contributed by atoms with E-state index in [2.05, 4.69) is 15.2 Å². The molecule has 1 aromatic carbocycles. The Labute approximate surface area is 135 Å². The molecule has 0 unspecified atom stereocenters. The lowest BCUT2D eigenvalue weighted by atomic mass is 10.2. The van der Waals surface area contributed by atoms with Gasteiger partial charge in [0.05, 0.1) is 31.7 Å². The van der Waals surface area contributed by atoms with Gasteiger partial charge in [-0.05, 0) is 18.2 Å². The highest BCUT2D eigenvalue weighted by Gasteiger charge is 2.16. The third kappa shape index (κ3) is 3.60. The number of amides is 1. The summed E-state index contributed by atoms with van der Waals surface area (Å²) in [6.07, 6.45) is 1.56. The Morgan fingerprint density at radius 3 is 2.83 bits per heavy atom. The largest absolute Gasteiger partial charge is 0.481 e. The normalized spacial score (nSPS) is 14.4. The SMILES string of the molecule is COc1cc(C(=O)Nc2ccccc2N2CCOCC2)ccn1. The average Bonchev–Trinajstić information content (AvgIpc) is 2.63. The summed E-state index contributed by atoms with van der Waals surface area (Å²) in [7, 11) is 1.53.